The summed E-state index contributed by atoms with van der Waals surface area (Å²) < 4.78 is 6.29. The van der Waals surface area contributed by atoms with Gasteiger partial charge < -0.3 is 4.74 Å². The first-order chi connectivity index (χ1) is 6.13. The van der Waals surface area contributed by atoms with Gasteiger partial charge in [0, 0.05) is 7.11 Å². The van der Waals surface area contributed by atoms with Gasteiger partial charge in [-0.2, -0.15) is 5.10 Å². The molecule has 0 fully saturated rings. The van der Waals surface area contributed by atoms with Crippen LogP contribution in [0, 0.1) is 13.8 Å². The number of nitrogens with zero attached hydrogens (tertiary/aromatic N) is 3. The number of carbonyl (C=O) groups excluding carboxylic acids is 1. The molecule has 0 saturated heterocycles. The van der Waals surface area contributed by atoms with Crippen molar-refractivity contribution in [2.75, 3.05) is 13.7 Å². The third-order valence-corrected chi connectivity index (χ3v) is 1.59. The Kier molecular flexibility index (Phi) is 3.13. The standard InChI is InChI=1S/C8H13N3O2/c1-6-9-7(2)11(10-6)4-8(12)5-13-3/h4-5H2,1-3H3. The number of carbonyl (C=O) groups is 1. The molecule has 0 aromatic carbocycles. The molecule has 0 aliphatic carbocycles. The molecule has 0 spiro atoms. The fraction of sp³-hybridized carbons (Fsp3) is 0.625. The Morgan fingerprint density at radius 2 is 2.23 bits per heavy atom. The van der Waals surface area contributed by atoms with E-state index in [9.17, 15) is 4.79 Å². The van der Waals surface area contributed by atoms with Crippen LogP contribution in [0.15, 0.2) is 0 Å². The molecule has 72 valence electrons. The van der Waals surface area contributed by atoms with Gasteiger partial charge in [0.25, 0.3) is 0 Å². The first-order valence-electron chi connectivity index (χ1n) is 4.02. The van der Waals surface area contributed by atoms with E-state index in [1.807, 2.05) is 6.92 Å². The van der Waals surface area contributed by atoms with Crippen LogP contribution in [0.2, 0.25) is 0 Å². The molecular formula is C8H13N3O2. The highest BCUT2D eigenvalue weighted by atomic mass is 16.5. The maximum atomic E-state index is 11.2. The van der Waals surface area contributed by atoms with Crippen molar-refractivity contribution in [1.29, 1.82) is 0 Å². The van der Waals surface area contributed by atoms with Gasteiger partial charge in [0.05, 0.1) is 0 Å². The van der Waals surface area contributed by atoms with Crippen molar-refractivity contribution < 1.29 is 9.53 Å². The summed E-state index contributed by atoms with van der Waals surface area (Å²) in [5, 5.41) is 4.06. The maximum Gasteiger partial charge on any atom is 0.179 e. The zero-order valence-corrected chi connectivity index (χ0v) is 8.07. The Morgan fingerprint density at radius 3 is 2.69 bits per heavy atom. The molecular weight excluding hydrogens is 170 g/mol. The minimum Gasteiger partial charge on any atom is -0.377 e. The monoisotopic (exact) mass is 183 g/mol. The smallest absolute Gasteiger partial charge is 0.179 e. The Hall–Kier alpha value is -1.23. The Balaban J connectivity index is 2.63. The number of rotatable bonds is 4. The van der Waals surface area contributed by atoms with Gasteiger partial charge in [-0.1, -0.05) is 0 Å². The lowest BCUT2D eigenvalue weighted by molar-refractivity contribution is -0.123. The van der Waals surface area contributed by atoms with E-state index in [1.54, 1.807) is 11.6 Å². The van der Waals surface area contributed by atoms with Crippen molar-refractivity contribution in [3.05, 3.63) is 11.6 Å². The first-order valence-corrected chi connectivity index (χ1v) is 4.02. The van der Waals surface area contributed by atoms with Gasteiger partial charge in [-0.3, -0.25) is 4.79 Å². The van der Waals surface area contributed by atoms with E-state index in [-0.39, 0.29) is 18.9 Å². The van der Waals surface area contributed by atoms with Crippen molar-refractivity contribution >= 4 is 5.78 Å². The molecule has 0 atom stereocenters. The molecule has 0 aliphatic rings. The van der Waals surface area contributed by atoms with Crippen molar-refractivity contribution in [1.82, 2.24) is 14.8 Å². The largest absolute Gasteiger partial charge is 0.377 e. The van der Waals surface area contributed by atoms with E-state index >= 15 is 0 Å². The van der Waals surface area contributed by atoms with Gasteiger partial charge in [0.2, 0.25) is 0 Å². The topological polar surface area (TPSA) is 57.0 Å². The maximum absolute atomic E-state index is 11.2. The number of Topliss-reactive ketones (excluding diaryl/α,β-unsaturated/α-hetero) is 1. The number of methoxy groups -OCH3 is 1. The molecule has 13 heavy (non-hydrogen) atoms. The van der Waals surface area contributed by atoms with E-state index in [0.29, 0.717) is 5.82 Å². The lowest BCUT2D eigenvalue weighted by Crippen LogP contribution is -2.17. The third-order valence-electron chi connectivity index (χ3n) is 1.59. The minimum atomic E-state index is -0.00417. The molecule has 0 saturated carbocycles. The average molecular weight is 183 g/mol. The van der Waals surface area contributed by atoms with Crippen molar-refractivity contribution in [3.8, 4) is 0 Å². The predicted octanol–water partition coefficient (Wildman–Crippen LogP) is 0.110. The number of aromatic nitrogens is 3. The summed E-state index contributed by atoms with van der Waals surface area (Å²) in [6, 6.07) is 0. The van der Waals surface area contributed by atoms with Crippen LogP contribution in [0.3, 0.4) is 0 Å². The number of aryl methyl sites for hydroxylation is 2. The Bertz CT molecular complexity index is 306. The van der Waals surface area contributed by atoms with Crippen LogP contribution in [-0.4, -0.2) is 34.3 Å². The number of hydrogen-bond donors (Lipinski definition) is 0. The third kappa shape index (κ3) is 2.62. The van der Waals surface area contributed by atoms with E-state index in [4.69, 9.17) is 4.74 Å². The molecule has 1 aromatic rings. The van der Waals surface area contributed by atoms with Crippen LogP contribution in [0.1, 0.15) is 11.6 Å². The minimum absolute atomic E-state index is 0.00417. The molecule has 0 amide bonds. The highest BCUT2D eigenvalue weighted by Gasteiger charge is 2.07. The molecule has 0 unspecified atom stereocenters. The van der Waals surface area contributed by atoms with Crippen LogP contribution >= 0.6 is 0 Å². The Labute approximate surface area is 76.7 Å². The van der Waals surface area contributed by atoms with Crippen LogP contribution in [-0.2, 0) is 16.1 Å². The van der Waals surface area contributed by atoms with E-state index in [0.717, 1.165) is 5.82 Å². The molecule has 1 rings (SSSR count). The lowest BCUT2D eigenvalue weighted by atomic mass is 10.4. The van der Waals surface area contributed by atoms with E-state index < -0.39 is 0 Å². The SMILES string of the molecule is COCC(=O)Cn1nc(C)nc1C. The summed E-state index contributed by atoms with van der Waals surface area (Å²) in [6.07, 6.45) is 0. The predicted molar refractivity (Wildman–Crippen MR) is 46.4 cm³/mol. The molecule has 5 nitrogen and oxygen atoms in total. The van der Waals surface area contributed by atoms with Crippen LogP contribution in [0.5, 0.6) is 0 Å². The number of ether oxygens (including phenoxy) is 1. The van der Waals surface area contributed by atoms with Crippen molar-refractivity contribution in [2.45, 2.75) is 20.4 Å². The fourth-order valence-corrected chi connectivity index (χ4v) is 1.08. The summed E-state index contributed by atoms with van der Waals surface area (Å²) in [7, 11) is 1.50. The summed E-state index contributed by atoms with van der Waals surface area (Å²) in [5.74, 6) is 1.43. The normalized spacial score (nSPS) is 10.4. The molecule has 1 aromatic heterocycles. The lowest BCUT2D eigenvalue weighted by Gasteiger charge is -2.00. The van der Waals surface area contributed by atoms with Crippen LogP contribution in [0.4, 0.5) is 0 Å². The summed E-state index contributed by atoms with van der Waals surface area (Å²) in [5.41, 5.74) is 0. The van der Waals surface area contributed by atoms with Crippen molar-refractivity contribution in [2.24, 2.45) is 0 Å². The number of hydrogen-bond acceptors (Lipinski definition) is 4. The van der Waals surface area contributed by atoms with Gasteiger partial charge in [0.1, 0.15) is 24.8 Å². The Morgan fingerprint density at radius 1 is 1.54 bits per heavy atom. The molecule has 0 radical (unpaired) electrons. The van der Waals surface area contributed by atoms with E-state index in [2.05, 4.69) is 10.1 Å². The van der Waals surface area contributed by atoms with Gasteiger partial charge in [-0.05, 0) is 13.8 Å². The summed E-state index contributed by atoms with van der Waals surface area (Å²) >= 11 is 0. The zero-order valence-electron chi connectivity index (χ0n) is 8.07. The molecule has 0 N–H and O–H groups in total. The molecule has 0 aliphatic heterocycles. The summed E-state index contributed by atoms with van der Waals surface area (Å²) in [6.45, 7) is 3.98. The first kappa shape index (κ1) is 9.85. The average Bonchev–Trinajstić information content (AvgIpc) is 2.30. The van der Waals surface area contributed by atoms with E-state index in [1.165, 1.54) is 7.11 Å². The van der Waals surface area contributed by atoms with Crippen LogP contribution in [0.25, 0.3) is 0 Å². The van der Waals surface area contributed by atoms with Gasteiger partial charge >= 0.3 is 0 Å². The van der Waals surface area contributed by atoms with Gasteiger partial charge in [0.15, 0.2) is 5.78 Å². The number of ketones is 1. The second kappa shape index (κ2) is 4.13. The summed E-state index contributed by atoms with van der Waals surface area (Å²) in [4.78, 5) is 15.2. The molecule has 5 heteroatoms. The van der Waals surface area contributed by atoms with Crippen LogP contribution < -0.4 is 0 Å². The highest BCUT2D eigenvalue weighted by Crippen LogP contribution is 1.95. The fourth-order valence-electron chi connectivity index (χ4n) is 1.08. The van der Waals surface area contributed by atoms with Crippen molar-refractivity contribution in [3.63, 3.8) is 0 Å². The molecule has 1 heterocycles. The second-order valence-electron chi connectivity index (χ2n) is 2.84. The quantitative estimate of drug-likeness (QED) is 0.664. The second-order valence-corrected chi connectivity index (χ2v) is 2.84. The highest BCUT2D eigenvalue weighted by molar-refractivity contribution is 5.79. The molecule has 0 bridgehead atoms. The van der Waals surface area contributed by atoms with Gasteiger partial charge in [-0.15, -0.1) is 0 Å². The zero-order chi connectivity index (χ0) is 9.84. The van der Waals surface area contributed by atoms with Gasteiger partial charge in [-0.25, -0.2) is 9.67 Å².